The van der Waals surface area contributed by atoms with Gasteiger partial charge in [0.1, 0.15) is 5.82 Å². The minimum Gasteiger partial charge on any atom is -0.490 e. The van der Waals surface area contributed by atoms with Crippen LogP contribution in [0.1, 0.15) is 13.8 Å². The molecule has 0 unspecified atom stereocenters. The molecule has 0 aliphatic rings. The van der Waals surface area contributed by atoms with E-state index in [-0.39, 0.29) is 0 Å². The summed E-state index contributed by atoms with van der Waals surface area (Å²) >= 11 is 6.36. The number of nitrogens with one attached hydrogen (secondary N) is 1. The molecule has 120 valence electrons. The van der Waals surface area contributed by atoms with Crippen LogP contribution in [0, 0.1) is 0 Å². The van der Waals surface area contributed by atoms with Gasteiger partial charge in [-0.3, -0.25) is 0 Å². The van der Waals surface area contributed by atoms with Crippen molar-refractivity contribution in [2.24, 2.45) is 0 Å². The Hall–Kier alpha value is -2.40. The standard InChI is InChI=1S/C17H18ClN3O2/c1-3-22-15-8-10(7-12(18)16(15)23-4-2)17-20-13-6-5-11(19)9-14(13)21-17/h5-9H,3-4,19H2,1-2H3,(H,20,21). The molecule has 0 fully saturated rings. The molecule has 3 rings (SSSR count). The van der Waals surface area contributed by atoms with Gasteiger partial charge >= 0.3 is 0 Å². The lowest BCUT2D eigenvalue weighted by Crippen LogP contribution is -1.99. The number of anilines is 1. The highest BCUT2D eigenvalue weighted by molar-refractivity contribution is 6.32. The Morgan fingerprint density at radius 1 is 1.13 bits per heavy atom. The number of H-pyrrole nitrogens is 1. The van der Waals surface area contributed by atoms with Crippen LogP contribution in [-0.2, 0) is 0 Å². The van der Waals surface area contributed by atoms with Gasteiger partial charge in [0.25, 0.3) is 0 Å². The van der Waals surface area contributed by atoms with E-state index in [0.717, 1.165) is 16.6 Å². The van der Waals surface area contributed by atoms with Crippen molar-refractivity contribution in [3.05, 3.63) is 35.4 Å². The molecule has 1 heterocycles. The van der Waals surface area contributed by atoms with Gasteiger partial charge in [0, 0.05) is 11.3 Å². The average Bonchev–Trinajstić information content (AvgIpc) is 2.93. The molecule has 0 atom stereocenters. The molecule has 0 spiro atoms. The number of nitrogens with zero attached hydrogens (tertiary/aromatic N) is 1. The van der Waals surface area contributed by atoms with E-state index in [2.05, 4.69) is 9.97 Å². The zero-order valence-corrected chi connectivity index (χ0v) is 13.8. The van der Waals surface area contributed by atoms with Crippen molar-refractivity contribution in [3.8, 4) is 22.9 Å². The quantitative estimate of drug-likeness (QED) is 0.685. The Bertz CT molecular complexity index is 845. The second-order valence-corrected chi connectivity index (χ2v) is 5.42. The summed E-state index contributed by atoms with van der Waals surface area (Å²) in [4.78, 5) is 7.83. The first-order valence-electron chi connectivity index (χ1n) is 7.47. The molecule has 1 aromatic heterocycles. The maximum Gasteiger partial charge on any atom is 0.179 e. The van der Waals surface area contributed by atoms with E-state index in [9.17, 15) is 0 Å². The number of hydrogen-bond acceptors (Lipinski definition) is 4. The molecule has 0 bridgehead atoms. The lowest BCUT2D eigenvalue weighted by molar-refractivity contribution is 0.288. The minimum absolute atomic E-state index is 0.493. The molecule has 23 heavy (non-hydrogen) atoms. The van der Waals surface area contributed by atoms with Gasteiger partial charge in [0.15, 0.2) is 11.5 Å². The predicted octanol–water partition coefficient (Wildman–Crippen LogP) is 4.26. The zero-order valence-electron chi connectivity index (χ0n) is 13.0. The smallest absolute Gasteiger partial charge is 0.179 e. The van der Waals surface area contributed by atoms with Gasteiger partial charge in [-0.2, -0.15) is 0 Å². The summed E-state index contributed by atoms with van der Waals surface area (Å²) in [6.45, 7) is 4.86. The van der Waals surface area contributed by atoms with Crippen LogP contribution in [0.3, 0.4) is 0 Å². The summed E-state index contributed by atoms with van der Waals surface area (Å²) in [5.41, 5.74) is 9.05. The highest BCUT2D eigenvalue weighted by atomic mass is 35.5. The van der Waals surface area contributed by atoms with E-state index in [1.807, 2.05) is 44.2 Å². The van der Waals surface area contributed by atoms with Crippen LogP contribution in [-0.4, -0.2) is 23.2 Å². The maximum atomic E-state index is 6.36. The molecule has 2 aromatic carbocycles. The van der Waals surface area contributed by atoms with Crippen molar-refractivity contribution in [1.29, 1.82) is 0 Å². The first kappa shape index (κ1) is 15.5. The molecule has 3 aromatic rings. The third-order valence-corrected chi connectivity index (χ3v) is 3.66. The summed E-state index contributed by atoms with van der Waals surface area (Å²) in [6.07, 6.45) is 0. The number of halogens is 1. The number of fused-ring (bicyclic) bond motifs is 1. The Morgan fingerprint density at radius 3 is 2.65 bits per heavy atom. The predicted molar refractivity (Wildman–Crippen MR) is 93.3 cm³/mol. The van der Waals surface area contributed by atoms with Gasteiger partial charge in [-0.15, -0.1) is 0 Å². The number of nitrogens with two attached hydrogens (primary N) is 1. The van der Waals surface area contributed by atoms with Gasteiger partial charge in [0.2, 0.25) is 0 Å². The van der Waals surface area contributed by atoms with E-state index in [1.54, 1.807) is 0 Å². The summed E-state index contributed by atoms with van der Waals surface area (Å²) in [5, 5.41) is 0.493. The Balaban J connectivity index is 2.10. The van der Waals surface area contributed by atoms with Gasteiger partial charge < -0.3 is 20.2 Å². The van der Waals surface area contributed by atoms with E-state index < -0.39 is 0 Å². The molecule has 0 amide bonds. The Labute approximate surface area is 139 Å². The number of imidazole rings is 1. The fraction of sp³-hybridized carbons (Fsp3) is 0.235. The lowest BCUT2D eigenvalue weighted by atomic mass is 10.2. The van der Waals surface area contributed by atoms with Crippen molar-refractivity contribution < 1.29 is 9.47 Å². The van der Waals surface area contributed by atoms with Gasteiger partial charge in [-0.25, -0.2) is 4.98 Å². The summed E-state index contributed by atoms with van der Waals surface area (Å²) in [7, 11) is 0. The van der Waals surface area contributed by atoms with Crippen LogP contribution in [0.2, 0.25) is 5.02 Å². The van der Waals surface area contributed by atoms with Crippen molar-refractivity contribution in [1.82, 2.24) is 9.97 Å². The fourth-order valence-corrected chi connectivity index (χ4v) is 2.68. The van der Waals surface area contributed by atoms with Crippen molar-refractivity contribution in [3.63, 3.8) is 0 Å². The number of benzene rings is 2. The Morgan fingerprint density at radius 2 is 1.91 bits per heavy atom. The van der Waals surface area contributed by atoms with E-state index in [4.69, 9.17) is 26.8 Å². The molecule has 6 heteroatoms. The molecule has 5 nitrogen and oxygen atoms in total. The van der Waals surface area contributed by atoms with Crippen molar-refractivity contribution in [2.45, 2.75) is 13.8 Å². The molecule has 0 radical (unpaired) electrons. The third-order valence-electron chi connectivity index (χ3n) is 3.38. The van der Waals surface area contributed by atoms with Gasteiger partial charge in [0.05, 0.1) is 29.3 Å². The molecule has 0 aliphatic carbocycles. The largest absolute Gasteiger partial charge is 0.490 e. The van der Waals surface area contributed by atoms with Crippen LogP contribution in [0.15, 0.2) is 30.3 Å². The second-order valence-electron chi connectivity index (χ2n) is 5.01. The SMILES string of the molecule is CCOc1cc(-c2nc3ccc(N)cc3[nH]2)cc(Cl)c1OCC. The first-order chi connectivity index (χ1) is 11.1. The lowest BCUT2D eigenvalue weighted by Gasteiger charge is -2.13. The van der Waals surface area contributed by atoms with Crippen molar-refractivity contribution in [2.75, 3.05) is 18.9 Å². The van der Waals surface area contributed by atoms with Gasteiger partial charge in [-0.1, -0.05) is 11.6 Å². The monoisotopic (exact) mass is 331 g/mol. The maximum absolute atomic E-state index is 6.36. The number of rotatable bonds is 5. The molecular weight excluding hydrogens is 314 g/mol. The highest BCUT2D eigenvalue weighted by Gasteiger charge is 2.15. The molecule has 0 saturated heterocycles. The Kier molecular flexibility index (Phi) is 4.30. The van der Waals surface area contributed by atoms with Crippen LogP contribution >= 0.6 is 11.6 Å². The zero-order chi connectivity index (χ0) is 16.4. The number of aromatic nitrogens is 2. The van der Waals surface area contributed by atoms with Crippen LogP contribution < -0.4 is 15.2 Å². The van der Waals surface area contributed by atoms with E-state index in [0.29, 0.717) is 41.2 Å². The summed E-state index contributed by atoms with van der Waals surface area (Å²) in [6, 6.07) is 9.25. The fourth-order valence-electron chi connectivity index (χ4n) is 2.42. The van der Waals surface area contributed by atoms with Crippen LogP contribution in [0.5, 0.6) is 11.5 Å². The number of aromatic amines is 1. The van der Waals surface area contributed by atoms with Crippen molar-refractivity contribution >= 4 is 28.3 Å². The van der Waals surface area contributed by atoms with E-state index in [1.165, 1.54) is 0 Å². The number of ether oxygens (including phenoxy) is 2. The highest BCUT2D eigenvalue weighted by Crippen LogP contribution is 2.39. The topological polar surface area (TPSA) is 73.2 Å². The van der Waals surface area contributed by atoms with Gasteiger partial charge in [-0.05, 0) is 44.2 Å². The average molecular weight is 332 g/mol. The molecule has 0 saturated carbocycles. The molecule has 0 aliphatic heterocycles. The number of nitrogen functional groups attached to an aromatic ring is 1. The number of hydrogen-bond donors (Lipinski definition) is 2. The van der Waals surface area contributed by atoms with Crippen LogP contribution in [0.25, 0.3) is 22.4 Å². The first-order valence-corrected chi connectivity index (χ1v) is 7.85. The second kappa shape index (κ2) is 6.38. The third kappa shape index (κ3) is 3.05. The summed E-state index contributed by atoms with van der Waals surface area (Å²) < 4.78 is 11.2. The molecule has 3 N–H and O–H groups in total. The summed E-state index contributed by atoms with van der Waals surface area (Å²) in [5.74, 6) is 1.87. The molecular formula is C17H18ClN3O2. The minimum atomic E-state index is 0.493. The van der Waals surface area contributed by atoms with Crippen LogP contribution in [0.4, 0.5) is 5.69 Å². The van der Waals surface area contributed by atoms with E-state index >= 15 is 0 Å². The normalized spacial score (nSPS) is 10.9.